The summed E-state index contributed by atoms with van der Waals surface area (Å²) in [7, 11) is 0. The van der Waals surface area contributed by atoms with Gasteiger partial charge in [-0.05, 0) is 38.1 Å². The number of nitrogens with one attached hydrogen (secondary N) is 1. The van der Waals surface area contributed by atoms with E-state index in [2.05, 4.69) is 28.9 Å². The third-order valence-electron chi connectivity index (χ3n) is 3.03. The molecule has 98 valence electrons. The molecule has 0 aliphatic carbocycles. The van der Waals surface area contributed by atoms with E-state index in [9.17, 15) is 0 Å². The van der Waals surface area contributed by atoms with E-state index in [1.54, 1.807) is 6.33 Å². The molecule has 0 unspecified atom stereocenters. The quantitative estimate of drug-likeness (QED) is 0.780. The Hall–Kier alpha value is -2.30. The van der Waals surface area contributed by atoms with E-state index in [0.29, 0.717) is 6.61 Å². The fraction of sp³-hybridized carbons (Fsp3) is 0.286. The molecule has 0 atom stereocenters. The average molecular weight is 256 g/mol. The van der Waals surface area contributed by atoms with Gasteiger partial charge < -0.3 is 9.72 Å². The molecule has 0 saturated carbocycles. The van der Waals surface area contributed by atoms with E-state index >= 15 is 0 Å². The maximum atomic E-state index is 5.78. The monoisotopic (exact) mass is 256 g/mol. The summed E-state index contributed by atoms with van der Waals surface area (Å²) in [4.78, 5) is 7.38. The summed E-state index contributed by atoms with van der Waals surface area (Å²) in [5.74, 6) is 1.68. The van der Waals surface area contributed by atoms with Gasteiger partial charge in [-0.25, -0.2) is 9.67 Å². The third-order valence-corrected chi connectivity index (χ3v) is 3.03. The number of hydrogen-bond donors (Lipinski definition) is 1. The summed E-state index contributed by atoms with van der Waals surface area (Å²) < 4.78 is 7.65. The molecule has 0 amide bonds. The molecule has 0 aliphatic heterocycles. The minimum Gasteiger partial charge on any atom is -0.486 e. The van der Waals surface area contributed by atoms with Crippen LogP contribution in [0.2, 0.25) is 0 Å². The Labute approximate surface area is 111 Å². The van der Waals surface area contributed by atoms with Crippen LogP contribution in [0.15, 0.2) is 36.8 Å². The van der Waals surface area contributed by atoms with Crippen molar-refractivity contribution in [2.45, 2.75) is 26.5 Å². The fourth-order valence-corrected chi connectivity index (χ4v) is 2.08. The second-order valence-corrected chi connectivity index (χ2v) is 4.73. The van der Waals surface area contributed by atoms with E-state index in [4.69, 9.17) is 4.74 Å². The van der Waals surface area contributed by atoms with Gasteiger partial charge in [0.15, 0.2) is 5.82 Å². The van der Waals surface area contributed by atoms with Crippen LogP contribution < -0.4 is 4.74 Å². The summed E-state index contributed by atoms with van der Waals surface area (Å²) in [6.07, 6.45) is 3.48. The Balaban J connectivity index is 1.76. The maximum Gasteiger partial charge on any atom is 0.165 e. The fourth-order valence-electron chi connectivity index (χ4n) is 2.08. The first-order valence-corrected chi connectivity index (χ1v) is 6.32. The van der Waals surface area contributed by atoms with Crippen molar-refractivity contribution >= 4 is 10.9 Å². The molecule has 3 aromatic rings. The number of nitrogens with zero attached hydrogens (tertiary/aromatic N) is 3. The van der Waals surface area contributed by atoms with Crippen molar-refractivity contribution in [2.75, 3.05) is 0 Å². The molecule has 2 heterocycles. The standard InChI is InChI=1S/C14H16N4O/c1-10(2)18-14(16-9-17-18)8-19-12-3-4-13-11(7-12)5-6-15-13/h3-7,9-10,15H,8H2,1-2H3. The van der Waals surface area contributed by atoms with Crippen molar-refractivity contribution < 1.29 is 4.74 Å². The summed E-state index contributed by atoms with van der Waals surface area (Å²) >= 11 is 0. The number of fused-ring (bicyclic) bond motifs is 1. The van der Waals surface area contributed by atoms with Crippen LogP contribution >= 0.6 is 0 Å². The van der Waals surface area contributed by atoms with Crippen LogP contribution in [0.5, 0.6) is 5.75 Å². The van der Waals surface area contributed by atoms with Gasteiger partial charge in [-0.2, -0.15) is 5.10 Å². The van der Waals surface area contributed by atoms with Gasteiger partial charge in [0, 0.05) is 23.1 Å². The molecular weight excluding hydrogens is 240 g/mol. The Morgan fingerprint density at radius 1 is 1.32 bits per heavy atom. The molecule has 3 rings (SSSR count). The molecule has 0 radical (unpaired) electrons. The second-order valence-electron chi connectivity index (χ2n) is 4.73. The van der Waals surface area contributed by atoms with E-state index in [0.717, 1.165) is 22.5 Å². The van der Waals surface area contributed by atoms with Gasteiger partial charge in [0.1, 0.15) is 18.7 Å². The summed E-state index contributed by atoms with van der Waals surface area (Å²) in [6, 6.07) is 8.29. The average Bonchev–Trinajstić information content (AvgIpc) is 3.04. The van der Waals surface area contributed by atoms with Crippen molar-refractivity contribution in [1.82, 2.24) is 19.7 Å². The summed E-state index contributed by atoms with van der Waals surface area (Å²) in [5, 5.41) is 5.33. The topological polar surface area (TPSA) is 55.7 Å². The molecule has 0 fully saturated rings. The molecule has 0 saturated heterocycles. The van der Waals surface area contributed by atoms with Crippen molar-refractivity contribution in [2.24, 2.45) is 0 Å². The first kappa shape index (κ1) is 11.8. The van der Waals surface area contributed by atoms with E-state index in [-0.39, 0.29) is 6.04 Å². The van der Waals surface area contributed by atoms with Crippen LogP contribution in [0, 0.1) is 0 Å². The van der Waals surface area contributed by atoms with Crippen molar-refractivity contribution in [3.63, 3.8) is 0 Å². The first-order valence-electron chi connectivity index (χ1n) is 6.32. The lowest BCUT2D eigenvalue weighted by Gasteiger charge is -2.10. The Morgan fingerprint density at radius 3 is 3.05 bits per heavy atom. The minimum absolute atomic E-state index is 0.285. The zero-order valence-corrected chi connectivity index (χ0v) is 11.0. The minimum atomic E-state index is 0.285. The first-order chi connectivity index (χ1) is 9.24. The van der Waals surface area contributed by atoms with E-state index in [1.165, 1.54) is 0 Å². The van der Waals surface area contributed by atoms with Gasteiger partial charge in [0.05, 0.1) is 0 Å². The SMILES string of the molecule is CC(C)n1ncnc1COc1ccc2[nH]ccc2c1. The largest absolute Gasteiger partial charge is 0.486 e. The Morgan fingerprint density at radius 2 is 2.21 bits per heavy atom. The number of hydrogen-bond acceptors (Lipinski definition) is 3. The number of aromatic nitrogens is 4. The van der Waals surface area contributed by atoms with Crippen LogP contribution in [-0.2, 0) is 6.61 Å². The third kappa shape index (κ3) is 2.31. The highest BCUT2D eigenvalue weighted by atomic mass is 16.5. The van der Waals surface area contributed by atoms with Gasteiger partial charge in [0.25, 0.3) is 0 Å². The van der Waals surface area contributed by atoms with Crippen molar-refractivity contribution in [1.29, 1.82) is 0 Å². The molecule has 0 aliphatic rings. The van der Waals surface area contributed by atoms with Crippen LogP contribution in [0.3, 0.4) is 0 Å². The molecule has 1 aromatic carbocycles. The van der Waals surface area contributed by atoms with Gasteiger partial charge in [0.2, 0.25) is 0 Å². The smallest absolute Gasteiger partial charge is 0.165 e. The van der Waals surface area contributed by atoms with Gasteiger partial charge >= 0.3 is 0 Å². The van der Waals surface area contributed by atoms with Gasteiger partial charge in [-0.15, -0.1) is 0 Å². The number of ether oxygens (including phenoxy) is 1. The van der Waals surface area contributed by atoms with Crippen LogP contribution in [0.25, 0.3) is 10.9 Å². The molecule has 0 bridgehead atoms. The highest BCUT2D eigenvalue weighted by Gasteiger charge is 2.08. The molecule has 5 nitrogen and oxygen atoms in total. The van der Waals surface area contributed by atoms with Crippen LogP contribution in [0.1, 0.15) is 25.7 Å². The number of rotatable bonds is 4. The lowest BCUT2D eigenvalue weighted by atomic mass is 10.2. The Bertz CT molecular complexity index is 683. The predicted octanol–water partition coefficient (Wildman–Crippen LogP) is 2.92. The maximum absolute atomic E-state index is 5.78. The molecule has 5 heteroatoms. The summed E-state index contributed by atoms with van der Waals surface area (Å²) in [5.41, 5.74) is 1.11. The molecule has 19 heavy (non-hydrogen) atoms. The molecule has 2 aromatic heterocycles. The summed E-state index contributed by atoms with van der Waals surface area (Å²) in [6.45, 7) is 4.57. The van der Waals surface area contributed by atoms with E-state index in [1.807, 2.05) is 35.1 Å². The number of benzene rings is 1. The number of H-pyrrole nitrogens is 1. The molecule has 1 N–H and O–H groups in total. The number of aromatic amines is 1. The van der Waals surface area contributed by atoms with Crippen molar-refractivity contribution in [3.05, 3.63) is 42.6 Å². The predicted molar refractivity (Wildman–Crippen MR) is 73.0 cm³/mol. The van der Waals surface area contributed by atoms with Crippen molar-refractivity contribution in [3.8, 4) is 5.75 Å². The second kappa shape index (κ2) is 4.76. The zero-order valence-electron chi connectivity index (χ0n) is 11.0. The zero-order chi connectivity index (χ0) is 13.2. The van der Waals surface area contributed by atoms with Gasteiger partial charge in [-0.1, -0.05) is 0 Å². The molecular formula is C14H16N4O. The van der Waals surface area contributed by atoms with E-state index < -0.39 is 0 Å². The van der Waals surface area contributed by atoms with Crippen LogP contribution in [0.4, 0.5) is 0 Å². The lowest BCUT2D eigenvalue weighted by Crippen LogP contribution is -2.10. The molecule has 0 spiro atoms. The van der Waals surface area contributed by atoms with Crippen LogP contribution in [-0.4, -0.2) is 19.7 Å². The highest BCUT2D eigenvalue weighted by molar-refractivity contribution is 5.80. The lowest BCUT2D eigenvalue weighted by molar-refractivity contribution is 0.283. The Kier molecular flexibility index (Phi) is 2.95. The normalized spacial score (nSPS) is 11.3. The highest BCUT2D eigenvalue weighted by Crippen LogP contribution is 2.20. The van der Waals surface area contributed by atoms with Gasteiger partial charge in [-0.3, -0.25) is 0 Å².